The number of rotatable bonds is 8. The molecule has 0 heterocycles. The zero-order chi connectivity index (χ0) is 15.8. The fraction of sp³-hybridized carbons (Fsp3) is 0.467. The molecule has 0 saturated heterocycles. The van der Waals surface area contributed by atoms with Crippen LogP contribution in [0, 0.1) is 22.7 Å². The van der Waals surface area contributed by atoms with Gasteiger partial charge in [-0.15, -0.1) is 0 Å². The molecule has 6 heteroatoms. The maximum atomic E-state index is 11.1. The molecule has 112 valence electrons. The normalized spacial score (nSPS) is 11.6. The Labute approximate surface area is 125 Å². The number of hydrogen-bond donors (Lipinski definition) is 1. The van der Waals surface area contributed by atoms with Crippen molar-refractivity contribution in [2.75, 3.05) is 5.75 Å². The largest absolute Gasteiger partial charge is 0.286 e. The molecule has 21 heavy (non-hydrogen) atoms. The average Bonchev–Trinajstić information content (AvgIpc) is 2.47. The van der Waals surface area contributed by atoms with E-state index in [1.54, 1.807) is 0 Å². The van der Waals surface area contributed by atoms with Crippen molar-refractivity contribution in [1.29, 1.82) is 10.5 Å². The lowest BCUT2D eigenvalue weighted by atomic mass is 9.71. The predicted octanol–water partition coefficient (Wildman–Crippen LogP) is 2.81. The number of nitrogens with zero attached hydrogens (tertiary/aromatic N) is 2. The smallest absolute Gasteiger partial charge is 0.264 e. The van der Waals surface area contributed by atoms with E-state index in [0.29, 0.717) is 12.8 Å². The maximum Gasteiger partial charge on any atom is 0.264 e. The lowest BCUT2D eigenvalue weighted by Gasteiger charge is -2.33. The van der Waals surface area contributed by atoms with E-state index in [4.69, 9.17) is 15.1 Å². The summed E-state index contributed by atoms with van der Waals surface area (Å²) in [6, 6.07) is 13.4. The van der Waals surface area contributed by atoms with Crippen LogP contribution in [0.4, 0.5) is 0 Å². The molecule has 0 saturated carbocycles. The van der Waals surface area contributed by atoms with Crippen LogP contribution in [0.15, 0.2) is 30.3 Å². The molecule has 1 rings (SSSR count). The van der Waals surface area contributed by atoms with Crippen LogP contribution in [0.2, 0.25) is 0 Å². The van der Waals surface area contributed by atoms with Crippen LogP contribution >= 0.6 is 0 Å². The van der Waals surface area contributed by atoms with Gasteiger partial charge in [-0.05, 0) is 30.2 Å². The molecule has 0 aromatic heterocycles. The third kappa shape index (κ3) is 5.55. The van der Waals surface area contributed by atoms with Crippen molar-refractivity contribution < 1.29 is 13.0 Å². The summed E-state index contributed by atoms with van der Waals surface area (Å²) in [6.45, 7) is 0. The van der Waals surface area contributed by atoms with E-state index in [9.17, 15) is 8.42 Å². The van der Waals surface area contributed by atoms with Gasteiger partial charge in [0.15, 0.2) is 0 Å². The molecule has 0 unspecified atom stereocenters. The Morgan fingerprint density at radius 3 is 1.95 bits per heavy atom. The van der Waals surface area contributed by atoms with Crippen LogP contribution in [0.25, 0.3) is 0 Å². The first-order valence-corrected chi connectivity index (χ1v) is 8.29. The van der Waals surface area contributed by atoms with E-state index in [1.807, 2.05) is 30.3 Å². The van der Waals surface area contributed by atoms with Gasteiger partial charge in [-0.25, -0.2) is 0 Å². The van der Waals surface area contributed by atoms with Gasteiger partial charge in [0.2, 0.25) is 0 Å². The lowest BCUT2D eigenvalue weighted by molar-refractivity contribution is 0.354. The Hall–Kier alpha value is -1.89. The zero-order valence-electron chi connectivity index (χ0n) is 11.7. The summed E-state index contributed by atoms with van der Waals surface area (Å²) >= 11 is 0. The van der Waals surface area contributed by atoms with Crippen molar-refractivity contribution in [2.24, 2.45) is 0 Å². The van der Waals surface area contributed by atoms with E-state index in [2.05, 4.69) is 12.1 Å². The fourth-order valence-electron chi connectivity index (χ4n) is 2.51. The van der Waals surface area contributed by atoms with Gasteiger partial charge in [0.05, 0.1) is 17.9 Å². The molecule has 0 fully saturated rings. The number of hydrogen-bond acceptors (Lipinski definition) is 4. The number of nitriles is 2. The summed E-state index contributed by atoms with van der Waals surface area (Å²) in [5.74, 6) is -0.376. The van der Waals surface area contributed by atoms with Crippen LogP contribution in [-0.4, -0.2) is 18.7 Å². The molecule has 0 spiro atoms. The van der Waals surface area contributed by atoms with Gasteiger partial charge in [-0.3, -0.25) is 4.55 Å². The van der Waals surface area contributed by atoms with E-state index in [0.717, 1.165) is 5.56 Å². The van der Waals surface area contributed by atoms with Crippen LogP contribution in [0.1, 0.15) is 37.7 Å². The van der Waals surface area contributed by atoms with Crippen LogP contribution in [-0.2, 0) is 15.5 Å². The highest BCUT2D eigenvalue weighted by molar-refractivity contribution is 7.85. The molecular formula is C15H18N2O3S. The minimum Gasteiger partial charge on any atom is -0.286 e. The summed E-state index contributed by atoms with van der Waals surface area (Å²) < 4.78 is 31.2. The molecule has 1 aromatic rings. The summed E-state index contributed by atoms with van der Waals surface area (Å²) in [4.78, 5) is 0. The van der Waals surface area contributed by atoms with E-state index in [-0.39, 0.29) is 25.0 Å². The van der Waals surface area contributed by atoms with Crippen molar-refractivity contribution in [3.8, 4) is 12.1 Å². The standard InChI is InChI=1S/C15H18N2O3S/c16-11-4-8-15(9-5-12-17,10-13-21(18,19)20)14-6-2-1-3-7-14/h1-3,6-7H,4-5,8-10,13H2,(H,18,19,20). The Balaban J connectivity index is 3.14. The van der Waals surface area contributed by atoms with Gasteiger partial charge in [-0.2, -0.15) is 18.9 Å². The summed E-state index contributed by atoms with van der Waals surface area (Å²) in [5, 5.41) is 17.7. The van der Waals surface area contributed by atoms with E-state index in [1.165, 1.54) is 0 Å². The van der Waals surface area contributed by atoms with Crippen molar-refractivity contribution in [3.05, 3.63) is 35.9 Å². The molecule has 0 bridgehead atoms. The van der Waals surface area contributed by atoms with Crippen molar-refractivity contribution in [3.63, 3.8) is 0 Å². The van der Waals surface area contributed by atoms with Crippen LogP contribution < -0.4 is 0 Å². The second-order valence-electron chi connectivity index (χ2n) is 5.00. The molecule has 0 aliphatic rings. The van der Waals surface area contributed by atoms with E-state index >= 15 is 0 Å². The quantitative estimate of drug-likeness (QED) is 0.744. The van der Waals surface area contributed by atoms with Crippen molar-refractivity contribution in [2.45, 2.75) is 37.5 Å². The first-order valence-electron chi connectivity index (χ1n) is 6.68. The van der Waals surface area contributed by atoms with E-state index < -0.39 is 15.5 Å². The van der Waals surface area contributed by atoms with Gasteiger partial charge in [-0.1, -0.05) is 30.3 Å². The second-order valence-corrected chi connectivity index (χ2v) is 6.57. The molecule has 1 aromatic carbocycles. The lowest BCUT2D eigenvalue weighted by Crippen LogP contribution is -2.29. The first kappa shape index (κ1) is 17.2. The Kier molecular flexibility index (Phi) is 6.36. The first-order chi connectivity index (χ1) is 9.93. The third-order valence-corrected chi connectivity index (χ3v) is 4.38. The van der Waals surface area contributed by atoms with Crippen molar-refractivity contribution in [1.82, 2.24) is 0 Å². The van der Waals surface area contributed by atoms with Gasteiger partial charge in [0, 0.05) is 12.8 Å². The Morgan fingerprint density at radius 2 is 1.52 bits per heavy atom. The SMILES string of the molecule is N#CCCC(CCC#N)(CCS(=O)(=O)O)c1ccccc1. The fourth-order valence-corrected chi connectivity index (χ4v) is 3.16. The highest BCUT2D eigenvalue weighted by atomic mass is 32.2. The zero-order valence-corrected chi connectivity index (χ0v) is 12.5. The average molecular weight is 306 g/mol. The second kappa shape index (κ2) is 7.78. The molecule has 1 N–H and O–H groups in total. The van der Waals surface area contributed by atoms with Gasteiger partial charge >= 0.3 is 0 Å². The highest BCUT2D eigenvalue weighted by Gasteiger charge is 2.32. The Bertz CT molecular complexity index is 609. The summed E-state index contributed by atoms with van der Waals surface area (Å²) in [5.41, 5.74) is 0.321. The summed E-state index contributed by atoms with van der Waals surface area (Å²) in [6.07, 6.45) is 1.66. The van der Waals surface area contributed by atoms with Gasteiger partial charge in [0.1, 0.15) is 0 Å². The Morgan fingerprint density at radius 1 is 1.00 bits per heavy atom. The summed E-state index contributed by atoms with van der Waals surface area (Å²) in [7, 11) is -4.08. The third-order valence-electron chi connectivity index (χ3n) is 3.66. The number of benzene rings is 1. The van der Waals surface area contributed by atoms with Crippen LogP contribution in [0.5, 0.6) is 0 Å². The predicted molar refractivity (Wildman–Crippen MR) is 78.8 cm³/mol. The molecule has 0 radical (unpaired) electrons. The maximum absolute atomic E-state index is 11.1. The highest BCUT2D eigenvalue weighted by Crippen LogP contribution is 2.38. The molecular weight excluding hydrogens is 288 g/mol. The molecule has 0 aliphatic heterocycles. The monoisotopic (exact) mass is 306 g/mol. The van der Waals surface area contributed by atoms with Crippen LogP contribution in [0.3, 0.4) is 0 Å². The minimum absolute atomic E-state index is 0.194. The van der Waals surface area contributed by atoms with Crippen molar-refractivity contribution >= 4 is 10.1 Å². The van der Waals surface area contributed by atoms with Gasteiger partial charge < -0.3 is 0 Å². The minimum atomic E-state index is -4.08. The molecule has 0 amide bonds. The molecule has 5 nitrogen and oxygen atoms in total. The van der Waals surface area contributed by atoms with Gasteiger partial charge in [0.25, 0.3) is 10.1 Å². The molecule has 0 atom stereocenters. The topological polar surface area (TPSA) is 102 Å². The molecule has 0 aliphatic carbocycles.